The van der Waals surface area contributed by atoms with Crippen LogP contribution in [0.15, 0.2) is 71.7 Å². The van der Waals surface area contributed by atoms with Crippen molar-refractivity contribution in [3.8, 4) is 0 Å². The van der Waals surface area contributed by atoms with Gasteiger partial charge in [0.05, 0.1) is 11.0 Å². The molecule has 5 atom stereocenters. The average molecular weight is 956 g/mol. The van der Waals surface area contributed by atoms with Gasteiger partial charge >= 0.3 is 5.69 Å². The third kappa shape index (κ3) is 9.31. The molecule has 10 rings (SSSR count). The minimum Gasteiger partial charge on any atom is -0.374 e. The first kappa shape index (κ1) is 47.8. The first-order valence-electron chi connectivity index (χ1n) is 25.5. The summed E-state index contributed by atoms with van der Waals surface area (Å²) in [4.78, 5) is 53.8. The van der Waals surface area contributed by atoms with Gasteiger partial charge in [-0.05, 0) is 132 Å². The fourth-order valence-corrected chi connectivity index (χ4v) is 12.1. The number of rotatable bonds is 11. The van der Waals surface area contributed by atoms with Gasteiger partial charge in [-0.3, -0.25) is 33.4 Å². The van der Waals surface area contributed by atoms with E-state index < -0.39 is 24.0 Å². The van der Waals surface area contributed by atoms with Crippen LogP contribution in [0.3, 0.4) is 0 Å². The predicted octanol–water partition coefficient (Wildman–Crippen LogP) is 6.27. The summed E-state index contributed by atoms with van der Waals surface area (Å²) < 4.78 is 20.9. The monoisotopic (exact) mass is 956 g/mol. The number of amides is 2. The van der Waals surface area contributed by atoms with Gasteiger partial charge in [0.1, 0.15) is 29.7 Å². The number of anilines is 2. The number of fused-ring (bicyclic) bond motifs is 2. The Morgan fingerprint density at radius 1 is 0.886 bits per heavy atom. The highest BCUT2D eigenvalue weighted by molar-refractivity contribution is 5.94. The number of pyridine rings is 1. The van der Waals surface area contributed by atoms with Crippen LogP contribution in [0.25, 0.3) is 16.6 Å². The Hall–Kier alpha value is -5.81. The lowest BCUT2D eigenvalue weighted by atomic mass is 9.88. The van der Waals surface area contributed by atoms with E-state index in [1.165, 1.54) is 37.6 Å². The Labute approximate surface area is 410 Å². The van der Waals surface area contributed by atoms with Crippen molar-refractivity contribution >= 4 is 40.1 Å². The molecule has 0 radical (unpaired) electrons. The number of carbonyl (C=O) groups is 2. The third-order valence-electron chi connectivity index (χ3n) is 16.3. The molecular weight excluding hydrogens is 886 g/mol. The molecule has 372 valence electrons. The van der Waals surface area contributed by atoms with Gasteiger partial charge < -0.3 is 30.5 Å². The van der Waals surface area contributed by atoms with Crippen molar-refractivity contribution < 1.29 is 19.1 Å². The van der Waals surface area contributed by atoms with Crippen LogP contribution >= 0.6 is 0 Å². The van der Waals surface area contributed by atoms with E-state index >= 15 is 4.39 Å². The number of nitrogens with one attached hydrogen (secondary N) is 3. The molecule has 5 unspecified atom stereocenters. The molecule has 5 aromatic rings. The van der Waals surface area contributed by atoms with Crippen LogP contribution in [0.5, 0.6) is 0 Å². The number of imidazole rings is 1. The van der Waals surface area contributed by atoms with Gasteiger partial charge in [-0.25, -0.2) is 14.2 Å². The Bertz CT molecular complexity index is 2820. The van der Waals surface area contributed by atoms with Gasteiger partial charge in [-0.2, -0.15) is 0 Å². The van der Waals surface area contributed by atoms with Crippen molar-refractivity contribution in [1.82, 2.24) is 43.6 Å². The Morgan fingerprint density at radius 3 is 2.33 bits per heavy atom. The molecule has 4 N–H and O–H groups in total. The molecule has 5 aliphatic rings. The minimum absolute atomic E-state index is 0.121. The summed E-state index contributed by atoms with van der Waals surface area (Å²) in [7, 11) is 5.72. The number of aryl methyl sites for hydroxylation is 1. The van der Waals surface area contributed by atoms with Crippen LogP contribution in [0, 0.1) is 11.7 Å². The molecule has 4 saturated heterocycles. The number of piperidine rings is 3. The second-order valence-electron chi connectivity index (χ2n) is 20.8. The summed E-state index contributed by atoms with van der Waals surface area (Å²) in [5.74, 6) is 2.28. The van der Waals surface area contributed by atoms with Gasteiger partial charge in [0.2, 0.25) is 5.91 Å². The van der Waals surface area contributed by atoms with Gasteiger partial charge in [0.25, 0.3) is 5.91 Å². The van der Waals surface area contributed by atoms with Crippen LogP contribution in [0.4, 0.5) is 16.0 Å². The number of piperazine rings is 1. The van der Waals surface area contributed by atoms with Gasteiger partial charge in [-0.15, -0.1) is 0 Å². The molecule has 3 aromatic heterocycles. The highest BCUT2D eigenvalue weighted by Gasteiger charge is 2.34. The van der Waals surface area contributed by atoms with E-state index in [4.69, 9.17) is 0 Å². The summed E-state index contributed by atoms with van der Waals surface area (Å²) in [5, 5.41) is 19.2. The first-order chi connectivity index (χ1) is 33.7. The molecule has 0 saturated carbocycles. The van der Waals surface area contributed by atoms with Crippen LogP contribution in [0.1, 0.15) is 116 Å². The van der Waals surface area contributed by atoms with E-state index in [2.05, 4.69) is 98.4 Å². The minimum atomic E-state index is -0.939. The quantitative estimate of drug-likeness (QED) is 0.120. The lowest BCUT2D eigenvalue weighted by Gasteiger charge is -2.42. The fraction of sp³-hybridized carbons (Fsp3) is 0.519. The highest BCUT2D eigenvalue weighted by atomic mass is 19.1. The molecule has 0 spiro atoms. The van der Waals surface area contributed by atoms with E-state index in [1.54, 1.807) is 13.1 Å². The Morgan fingerprint density at radius 2 is 1.64 bits per heavy atom. The summed E-state index contributed by atoms with van der Waals surface area (Å²) in [6.45, 7) is 14.2. The molecule has 15 nitrogen and oxygen atoms in total. The maximum absolute atomic E-state index is 15.7. The molecule has 0 aliphatic carbocycles. The van der Waals surface area contributed by atoms with E-state index in [1.807, 2.05) is 36.3 Å². The molecule has 2 aromatic carbocycles. The number of hydrogen-bond donors (Lipinski definition) is 4. The largest absolute Gasteiger partial charge is 0.374 e. The lowest BCUT2D eigenvalue weighted by molar-refractivity contribution is -0.130. The van der Waals surface area contributed by atoms with Crippen molar-refractivity contribution in [2.45, 2.75) is 102 Å². The zero-order valence-electron chi connectivity index (χ0n) is 41.6. The van der Waals surface area contributed by atoms with Gasteiger partial charge in [0.15, 0.2) is 0 Å². The average Bonchev–Trinajstić information content (AvgIpc) is 3.82. The first-order valence-corrected chi connectivity index (χ1v) is 25.5. The number of benzene rings is 2. The SMILES string of the molecule is CNc1ccc(C2=CC(C)Nc3c2cc(C(C)N2CCC(c4ccc(C(=O)N5CCC(CN6CCN(Cc7cc8c(cc7F)n(C7CCC(O)NC7=O)c(=O)n8C)CC6C)CC5)cc4)CC2)n3C)cn1. The number of carbonyl (C=O) groups excluding carboxylic acids is 2. The Balaban J connectivity index is 0.683. The predicted molar refractivity (Wildman–Crippen MR) is 272 cm³/mol. The molecule has 8 heterocycles. The van der Waals surface area contributed by atoms with E-state index in [0.29, 0.717) is 47.8 Å². The zero-order chi connectivity index (χ0) is 49.0. The topological polar surface area (TPSA) is 148 Å². The van der Waals surface area contributed by atoms with Crippen molar-refractivity contribution in [2.24, 2.45) is 20.0 Å². The second kappa shape index (κ2) is 19.8. The maximum atomic E-state index is 15.7. The van der Waals surface area contributed by atoms with E-state index in [0.717, 1.165) is 101 Å². The number of likely N-dealkylation sites (tertiary alicyclic amines) is 2. The Kier molecular flexibility index (Phi) is 13.5. The van der Waals surface area contributed by atoms with E-state index in [-0.39, 0.29) is 29.7 Å². The highest BCUT2D eigenvalue weighted by Crippen LogP contribution is 2.40. The van der Waals surface area contributed by atoms with Crippen LogP contribution < -0.4 is 21.6 Å². The van der Waals surface area contributed by atoms with Crippen molar-refractivity contribution in [2.75, 3.05) is 70.0 Å². The fourth-order valence-electron chi connectivity index (χ4n) is 12.1. The van der Waals surface area contributed by atoms with Gasteiger partial charge in [0, 0.05) is 125 Å². The molecule has 0 bridgehead atoms. The summed E-state index contributed by atoms with van der Waals surface area (Å²) >= 11 is 0. The van der Waals surface area contributed by atoms with Crippen molar-refractivity contribution in [3.63, 3.8) is 0 Å². The number of halogens is 1. The third-order valence-corrected chi connectivity index (χ3v) is 16.3. The summed E-state index contributed by atoms with van der Waals surface area (Å²) in [6.07, 6.45) is 8.05. The molecule has 4 fully saturated rings. The van der Waals surface area contributed by atoms with Crippen LogP contribution in [0.2, 0.25) is 0 Å². The van der Waals surface area contributed by atoms with Crippen molar-refractivity contribution in [1.29, 1.82) is 0 Å². The zero-order valence-corrected chi connectivity index (χ0v) is 41.6. The maximum Gasteiger partial charge on any atom is 0.329 e. The number of aliphatic hydroxyl groups excluding tert-OH is 1. The summed E-state index contributed by atoms with van der Waals surface area (Å²) in [5.41, 5.74) is 8.07. The normalized spacial score (nSPS) is 23.7. The van der Waals surface area contributed by atoms with Crippen LogP contribution in [-0.4, -0.2) is 133 Å². The molecule has 2 amide bonds. The second-order valence-corrected chi connectivity index (χ2v) is 20.8. The van der Waals surface area contributed by atoms with E-state index in [9.17, 15) is 19.5 Å². The number of nitrogens with zero attached hydrogens (tertiary/aromatic N) is 8. The molecule has 16 heteroatoms. The number of aliphatic hydroxyl groups is 1. The smallest absolute Gasteiger partial charge is 0.329 e. The molecule has 5 aliphatic heterocycles. The van der Waals surface area contributed by atoms with Crippen molar-refractivity contribution in [3.05, 3.63) is 117 Å². The number of aromatic nitrogens is 4. The van der Waals surface area contributed by atoms with Crippen LogP contribution in [-0.2, 0) is 25.4 Å². The van der Waals surface area contributed by atoms with Gasteiger partial charge in [-0.1, -0.05) is 18.2 Å². The molecular formula is C54H70FN11O4. The molecule has 70 heavy (non-hydrogen) atoms. The standard InChI is InChI=1S/C54H70FN11O4/c1-33-25-42(40-11-13-49(56-4)57-29-40)43-27-46(60(5)51(43)58-33)35(3)63-21-17-38(18-22-63)37-7-9-39(10-8-37)53(69)64-19-15-36(16-20-64)31-65-24-23-62(30-34(65)2)32-41-26-47-48(28-44(41)55)66(54(70)61(47)6)45-12-14-50(67)59-52(45)68/h7-11,13,25-29,33-36,38,45,50,58,67H,12,14-24,30-32H2,1-6H3,(H,56,57)(H,59,68). The lowest BCUT2D eigenvalue weighted by Crippen LogP contribution is -2.53. The summed E-state index contributed by atoms with van der Waals surface area (Å²) in [6, 6.07) is 18.1. The number of hydrogen-bond acceptors (Lipinski definition) is 10.